The number of carbonyl (C=O) groups excluding carboxylic acids is 1. The van der Waals surface area contributed by atoms with E-state index in [0.29, 0.717) is 12.1 Å². The Hall–Kier alpha value is -1.89. The van der Waals surface area contributed by atoms with Gasteiger partial charge in [-0.25, -0.2) is 0 Å². The predicted molar refractivity (Wildman–Crippen MR) is 72.4 cm³/mol. The molecule has 2 rings (SSSR count). The van der Waals surface area contributed by atoms with Gasteiger partial charge >= 0.3 is 0 Å². The highest BCUT2D eigenvalue weighted by Gasteiger charge is 2.40. The highest BCUT2D eigenvalue weighted by Crippen LogP contribution is 2.35. The van der Waals surface area contributed by atoms with Gasteiger partial charge in [0.05, 0.1) is 6.07 Å². The Balaban J connectivity index is 2.30. The van der Waals surface area contributed by atoms with Gasteiger partial charge in [0.2, 0.25) is 0 Å². The molecule has 0 aromatic carbocycles. The number of nitrogens with zero attached hydrogens (tertiary/aromatic N) is 3. The number of carbonyl (C=O) groups is 1. The van der Waals surface area contributed by atoms with Gasteiger partial charge in [-0.05, 0) is 37.3 Å². The number of nitriles is 1. The van der Waals surface area contributed by atoms with Gasteiger partial charge in [-0.1, -0.05) is 13.8 Å². The molecular weight excluding hydrogens is 238 g/mol. The summed E-state index contributed by atoms with van der Waals surface area (Å²) in [5, 5.41) is 9.39. The Morgan fingerprint density at radius 3 is 2.95 bits per heavy atom. The average molecular weight is 257 g/mol. The maximum absolute atomic E-state index is 12.6. The van der Waals surface area contributed by atoms with E-state index < -0.39 is 0 Å². The van der Waals surface area contributed by atoms with E-state index in [4.69, 9.17) is 0 Å². The second-order valence-corrected chi connectivity index (χ2v) is 5.81. The molecule has 4 nitrogen and oxygen atoms in total. The Morgan fingerprint density at radius 2 is 2.32 bits per heavy atom. The van der Waals surface area contributed by atoms with Crippen LogP contribution in [0.15, 0.2) is 18.3 Å². The summed E-state index contributed by atoms with van der Waals surface area (Å²) in [6.07, 6.45) is 3.56. The Bertz CT molecular complexity index is 530. The first-order chi connectivity index (χ1) is 8.95. The van der Waals surface area contributed by atoms with Gasteiger partial charge < -0.3 is 4.90 Å². The molecule has 0 saturated carbocycles. The molecule has 0 aliphatic carbocycles. The third-order valence-corrected chi connectivity index (χ3v) is 3.80. The molecule has 19 heavy (non-hydrogen) atoms. The fraction of sp³-hybridized carbons (Fsp3) is 0.533. The second kappa shape index (κ2) is 5.00. The van der Waals surface area contributed by atoms with Crippen molar-refractivity contribution in [1.29, 1.82) is 5.26 Å². The number of rotatable bonds is 1. The molecule has 0 N–H and O–H groups in total. The number of amides is 1. The highest BCUT2D eigenvalue weighted by atomic mass is 16.2. The maximum Gasteiger partial charge on any atom is 0.255 e. The van der Waals surface area contributed by atoms with E-state index in [1.165, 1.54) is 0 Å². The van der Waals surface area contributed by atoms with Crippen LogP contribution in [0.1, 0.15) is 42.7 Å². The van der Waals surface area contributed by atoms with Crippen LogP contribution in [0.25, 0.3) is 0 Å². The predicted octanol–water partition coefficient (Wildman–Crippen LogP) is 2.54. The number of piperidine rings is 1. The lowest BCUT2D eigenvalue weighted by molar-refractivity contribution is 0.0438. The van der Waals surface area contributed by atoms with Crippen LogP contribution in [0.5, 0.6) is 0 Å². The quantitative estimate of drug-likeness (QED) is 0.776. The number of aryl methyl sites for hydroxylation is 1. The van der Waals surface area contributed by atoms with Crippen molar-refractivity contribution in [3.8, 4) is 6.07 Å². The molecule has 0 radical (unpaired) electrons. The zero-order valence-electron chi connectivity index (χ0n) is 11.7. The minimum atomic E-state index is -0.359. The minimum Gasteiger partial charge on any atom is -0.322 e. The smallest absolute Gasteiger partial charge is 0.255 e. The Morgan fingerprint density at radius 1 is 1.58 bits per heavy atom. The average Bonchev–Trinajstić information content (AvgIpc) is 2.36. The summed E-state index contributed by atoms with van der Waals surface area (Å²) < 4.78 is 0. The molecule has 1 aromatic heterocycles. The lowest BCUT2D eigenvalue weighted by atomic mass is 9.77. The molecule has 0 bridgehead atoms. The third kappa shape index (κ3) is 2.60. The van der Waals surface area contributed by atoms with Crippen molar-refractivity contribution in [3.05, 3.63) is 29.6 Å². The molecule has 1 aliphatic rings. The lowest BCUT2D eigenvalue weighted by Crippen LogP contribution is -2.51. The van der Waals surface area contributed by atoms with Crippen LogP contribution in [-0.2, 0) is 0 Å². The summed E-state index contributed by atoms with van der Waals surface area (Å²) in [4.78, 5) is 18.4. The standard InChI is InChI=1S/C15H19N3O/c1-11-9-12(5-7-17-11)14(19)18-8-4-6-15(2,3)13(18)10-16/h5,7,9,13H,4,6,8H2,1-3H3/t13-/m0/s1. The minimum absolute atomic E-state index is 0.0650. The van der Waals surface area contributed by atoms with Gasteiger partial charge in [-0.3, -0.25) is 9.78 Å². The van der Waals surface area contributed by atoms with Crippen molar-refractivity contribution in [3.63, 3.8) is 0 Å². The monoisotopic (exact) mass is 257 g/mol. The van der Waals surface area contributed by atoms with Crippen molar-refractivity contribution in [2.45, 2.75) is 39.7 Å². The van der Waals surface area contributed by atoms with Crippen molar-refractivity contribution in [1.82, 2.24) is 9.88 Å². The zero-order valence-corrected chi connectivity index (χ0v) is 11.7. The summed E-state index contributed by atoms with van der Waals surface area (Å²) in [6, 6.07) is 5.43. The summed E-state index contributed by atoms with van der Waals surface area (Å²) in [5.41, 5.74) is 1.28. The molecule has 1 amide bonds. The number of likely N-dealkylation sites (tertiary alicyclic amines) is 1. The van der Waals surface area contributed by atoms with Gasteiger partial charge in [-0.15, -0.1) is 0 Å². The first-order valence-corrected chi connectivity index (χ1v) is 6.59. The third-order valence-electron chi connectivity index (χ3n) is 3.80. The normalized spacial score (nSPS) is 21.8. The van der Waals surface area contributed by atoms with E-state index in [2.05, 4.69) is 24.9 Å². The van der Waals surface area contributed by atoms with Gasteiger partial charge in [0.1, 0.15) is 6.04 Å². The van der Waals surface area contributed by atoms with E-state index in [9.17, 15) is 10.1 Å². The van der Waals surface area contributed by atoms with Gasteiger partial charge in [0.15, 0.2) is 0 Å². The van der Waals surface area contributed by atoms with Crippen LogP contribution in [0.2, 0.25) is 0 Å². The van der Waals surface area contributed by atoms with E-state index >= 15 is 0 Å². The first-order valence-electron chi connectivity index (χ1n) is 6.59. The Kier molecular flexibility index (Phi) is 3.57. The molecule has 1 aromatic rings. The number of pyridine rings is 1. The van der Waals surface area contributed by atoms with Gasteiger partial charge in [0.25, 0.3) is 5.91 Å². The largest absolute Gasteiger partial charge is 0.322 e. The van der Waals surface area contributed by atoms with E-state index in [1.54, 1.807) is 23.2 Å². The van der Waals surface area contributed by atoms with E-state index in [-0.39, 0.29) is 17.4 Å². The lowest BCUT2D eigenvalue weighted by Gasteiger charge is -2.42. The van der Waals surface area contributed by atoms with Gasteiger partial charge in [0, 0.05) is 24.0 Å². The molecule has 100 valence electrons. The van der Waals surface area contributed by atoms with Crippen LogP contribution < -0.4 is 0 Å². The summed E-state index contributed by atoms with van der Waals surface area (Å²) in [6.45, 7) is 6.62. The van der Waals surface area contributed by atoms with Crippen LogP contribution in [0.4, 0.5) is 0 Å². The van der Waals surface area contributed by atoms with Crippen LogP contribution >= 0.6 is 0 Å². The van der Waals surface area contributed by atoms with Crippen molar-refractivity contribution >= 4 is 5.91 Å². The maximum atomic E-state index is 12.6. The molecule has 1 aliphatic heterocycles. The highest BCUT2D eigenvalue weighted by molar-refractivity contribution is 5.94. The zero-order chi connectivity index (χ0) is 14.0. The molecule has 0 unspecified atom stereocenters. The molecule has 2 heterocycles. The molecule has 1 atom stereocenters. The molecular formula is C15H19N3O. The number of hydrogen-bond donors (Lipinski definition) is 0. The van der Waals surface area contributed by atoms with Crippen molar-refractivity contribution in [2.24, 2.45) is 5.41 Å². The summed E-state index contributed by atoms with van der Waals surface area (Å²) in [5.74, 6) is -0.0650. The topological polar surface area (TPSA) is 57.0 Å². The number of aromatic nitrogens is 1. The fourth-order valence-corrected chi connectivity index (χ4v) is 2.70. The number of hydrogen-bond acceptors (Lipinski definition) is 3. The molecule has 4 heteroatoms. The molecule has 1 fully saturated rings. The first kappa shape index (κ1) is 13.5. The van der Waals surface area contributed by atoms with Crippen LogP contribution in [0.3, 0.4) is 0 Å². The van der Waals surface area contributed by atoms with Crippen LogP contribution in [0, 0.1) is 23.7 Å². The van der Waals surface area contributed by atoms with E-state index in [1.807, 2.05) is 6.92 Å². The van der Waals surface area contributed by atoms with Crippen LogP contribution in [-0.4, -0.2) is 28.4 Å². The summed E-state index contributed by atoms with van der Waals surface area (Å²) in [7, 11) is 0. The molecule has 1 saturated heterocycles. The second-order valence-electron chi connectivity index (χ2n) is 5.81. The van der Waals surface area contributed by atoms with Gasteiger partial charge in [-0.2, -0.15) is 5.26 Å². The fourth-order valence-electron chi connectivity index (χ4n) is 2.70. The van der Waals surface area contributed by atoms with Crippen molar-refractivity contribution < 1.29 is 4.79 Å². The summed E-state index contributed by atoms with van der Waals surface area (Å²) >= 11 is 0. The van der Waals surface area contributed by atoms with E-state index in [0.717, 1.165) is 18.5 Å². The Labute approximate surface area is 114 Å². The SMILES string of the molecule is Cc1cc(C(=O)N2CCCC(C)(C)[C@@H]2C#N)ccn1. The van der Waals surface area contributed by atoms with Crippen molar-refractivity contribution in [2.75, 3.05) is 6.54 Å². The molecule has 0 spiro atoms.